The van der Waals surface area contributed by atoms with Gasteiger partial charge in [0.2, 0.25) is 0 Å². The highest BCUT2D eigenvalue weighted by Gasteiger charge is 2.60. The van der Waals surface area contributed by atoms with Crippen molar-refractivity contribution in [3.05, 3.63) is 0 Å². The molecule has 2 nitrogen and oxygen atoms in total. The molecule has 0 aliphatic heterocycles. The average molecular weight is 473 g/mol. The van der Waals surface area contributed by atoms with E-state index in [-0.39, 0.29) is 12.1 Å². The molecular weight excluding hydrogens is 416 g/mol. The van der Waals surface area contributed by atoms with Gasteiger partial charge in [-0.05, 0) is 122 Å². The number of carbonyl (C=O) groups is 1. The van der Waals surface area contributed by atoms with Gasteiger partial charge in [0.15, 0.2) is 0 Å². The summed E-state index contributed by atoms with van der Waals surface area (Å²) in [5, 5.41) is 0. The molecule has 0 radical (unpaired) electrons. The van der Waals surface area contributed by atoms with E-state index in [1.807, 2.05) is 0 Å². The molecule has 2 unspecified atom stereocenters. The number of fused-ring (bicyclic) bond motifs is 5. The summed E-state index contributed by atoms with van der Waals surface area (Å²) in [5.74, 6) is 7.11. The summed E-state index contributed by atoms with van der Waals surface area (Å²) >= 11 is 0. The quantitative estimate of drug-likeness (QED) is 0.329. The third-order valence-electron chi connectivity index (χ3n) is 12.3. The van der Waals surface area contributed by atoms with E-state index in [1.54, 1.807) is 0 Å². The van der Waals surface area contributed by atoms with Crippen molar-refractivity contribution < 1.29 is 9.53 Å². The van der Waals surface area contributed by atoms with Crippen LogP contribution in [0.15, 0.2) is 0 Å². The summed E-state index contributed by atoms with van der Waals surface area (Å²) in [7, 11) is 0. The maximum atomic E-state index is 12.1. The molecule has 0 spiro atoms. The fourth-order valence-corrected chi connectivity index (χ4v) is 9.81. The van der Waals surface area contributed by atoms with Gasteiger partial charge in [0.05, 0.1) is 0 Å². The van der Waals surface area contributed by atoms with Crippen molar-refractivity contribution in [2.75, 3.05) is 0 Å². The fourth-order valence-electron chi connectivity index (χ4n) is 9.81. The van der Waals surface area contributed by atoms with E-state index in [4.69, 9.17) is 4.74 Å². The Morgan fingerprint density at radius 1 is 0.882 bits per heavy atom. The van der Waals surface area contributed by atoms with Crippen LogP contribution in [-0.4, -0.2) is 12.1 Å². The number of carbonyl (C=O) groups excluding carboxylic acids is 1. The van der Waals surface area contributed by atoms with E-state index in [9.17, 15) is 4.79 Å². The molecule has 0 amide bonds. The summed E-state index contributed by atoms with van der Waals surface area (Å²) in [5.41, 5.74) is 1.06. The lowest BCUT2D eigenvalue weighted by Crippen LogP contribution is -2.54. The third-order valence-corrected chi connectivity index (χ3v) is 12.3. The van der Waals surface area contributed by atoms with E-state index < -0.39 is 0 Å². The number of hydrogen-bond donors (Lipinski definition) is 0. The third kappa shape index (κ3) is 4.87. The summed E-state index contributed by atoms with van der Waals surface area (Å²) in [6.07, 6.45) is 16.7. The second-order valence-corrected chi connectivity index (χ2v) is 14.3. The molecule has 0 saturated heterocycles. The molecule has 4 aliphatic rings. The van der Waals surface area contributed by atoms with Gasteiger partial charge in [-0.15, -0.1) is 0 Å². The van der Waals surface area contributed by atoms with Gasteiger partial charge in [-0.1, -0.05) is 61.3 Å². The SMILES string of the molecule is CCCC(=O)OC1CC[C@@]2(C)C(CC[C@H]3[C@@H]4CC[C@H]([C@H](C)CC[C@H](C)C(C)C)[C@@]4(C)CC[C@@H]32)C1. The molecule has 2 heteroatoms. The van der Waals surface area contributed by atoms with Gasteiger partial charge in [0, 0.05) is 6.42 Å². The van der Waals surface area contributed by atoms with Crippen LogP contribution in [-0.2, 0) is 9.53 Å². The molecule has 10 atom stereocenters. The number of ether oxygens (including phenoxy) is 1. The minimum absolute atomic E-state index is 0.0344. The summed E-state index contributed by atoms with van der Waals surface area (Å²) < 4.78 is 5.90. The van der Waals surface area contributed by atoms with E-state index in [0.717, 1.165) is 66.6 Å². The number of hydrogen-bond acceptors (Lipinski definition) is 2. The zero-order valence-corrected chi connectivity index (χ0v) is 23.7. The largest absolute Gasteiger partial charge is 0.462 e. The molecule has 0 aromatic rings. The van der Waals surface area contributed by atoms with Crippen molar-refractivity contribution in [3.8, 4) is 0 Å². The molecule has 4 aliphatic carbocycles. The van der Waals surface area contributed by atoms with Gasteiger partial charge in [-0.3, -0.25) is 4.79 Å². The smallest absolute Gasteiger partial charge is 0.306 e. The Labute approximate surface area is 211 Å². The van der Waals surface area contributed by atoms with Crippen LogP contribution < -0.4 is 0 Å². The second-order valence-electron chi connectivity index (χ2n) is 14.3. The van der Waals surface area contributed by atoms with Gasteiger partial charge in [0.1, 0.15) is 6.10 Å². The highest BCUT2D eigenvalue weighted by atomic mass is 16.5. The van der Waals surface area contributed by atoms with Crippen LogP contribution in [0.4, 0.5) is 0 Å². The van der Waals surface area contributed by atoms with Crippen molar-refractivity contribution in [1.82, 2.24) is 0 Å². The van der Waals surface area contributed by atoms with E-state index in [0.29, 0.717) is 17.3 Å². The Bertz CT molecular complexity index is 699. The Hall–Kier alpha value is -0.530. The maximum absolute atomic E-state index is 12.1. The maximum Gasteiger partial charge on any atom is 0.306 e. The van der Waals surface area contributed by atoms with Crippen molar-refractivity contribution in [2.24, 2.45) is 58.2 Å². The first-order chi connectivity index (χ1) is 16.1. The molecule has 34 heavy (non-hydrogen) atoms. The fraction of sp³-hybridized carbons (Fsp3) is 0.969. The molecule has 0 aromatic carbocycles. The van der Waals surface area contributed by atoms with Crippen LogP contribution in [0.25, 0.3) is 0 Å². The molecule has 4 saturated carbocycles. The minimum atomic E-state index is 0.0344. The van der Waals surface area contributed by atoms with E-state index in [1.165, 1.54) is 57.8 Å². The molecule has 4 fully saturated rings. The lowest BCUT2D eigenvalue weighted by atomic mass is 9.44. The molecule has 0 heterocycles. The lowest BCUT2D eigenvalue weighted by molar-refractivity contribution is -0.162. The first-order valence-electron chi connectivity index (χ1n) is 15.3. The summed E-state index contributed by atoms with van der Waals surface area (Å²) in [4.78, 5) is 12.1. The first kappa shape index (κ1) is 26.5. The molecule has 4 rings (SSSR count). The molecule has 0 bridgehead atoms. The van der Waals surface area contributed by atoms with Crippen LogP contribution in [0.3, 0.4) is 0 Å². The Morgan fingerprint density at radius 3 is 2.29 bits per heavy atom. The van der Waals surface area contributed by atoms with Crippen molar-refractivity contribution in [3.63, 3.8) is 0 Å². The Morgan fingerprint density at radius 2 is 1.59 bits per heavy atom. The van der Waals surface area contributed by atoms with Crippen LogP contribution in [0, 0.1) is 58.2 Å². The van der Waals surface area contributed by atoms with Gasteiger partial charge < -0.3 is 4.74 Å². The Balaban J connectivity index is 1.40. The Kier molecular flexibility index (Phi) is 8.16. The van der Waals surface area contributed by atoms with E-state index >= 15 is 0 Å². The topological polar surface area (TPSA) is 26.3 Å². The number of esters is 1. The predicted molar refractivity (Wildman–Crippen MR) is 142 cm³/mol. The second kappa shape index (κ2) is 10.5. The van der Waals surface area contributed by atoms with Gasteiger partial charge in [-0.25, -0.2) is 0 Å². The van der Waals surface area contributed by atoms with Crippen molar-refractivity contribution >= 4 is 5.97 Å². The molecule has 0 N–H and O–H groups in total. The van der Waals surface area contributed by atoms with Crippen LogP contribution in [0.1, 0.15) is 132 Å². The van der Waals surface area contributed by atoms with Gasteiger partial charge in [0.25, 0.3) is 0 Å². The highest BCUT2D eigenvalue weighted by Crippen LogP contribution is 2.68. The molecule has 0 aromatic heterocycles. The monoisotopic (exact) mass is 472 g/mol. The predicted octanol–water partition coefficient (Wildman–Crippen LogP) is 9.07. The normalized spacial score (nSPS) is 43.5. The van der Waals surface area contributed by atoms with Crippen LogP contribution in [0.2, 0.25) is 0 Å². The zero-order valence-electron chi connectivity index (χ0n) is 23.7. The van der Waals surface area contributed by atoms with Crippen LogP contribution >= 0.6 is 0 Å². The molecule has 196 valence electrons. The first-order valence-corrected chi connectivity index (χ1v) is 15.3. The standard InChI is InChI=1S/C32H56O2/c1-8-9-30(33)34-25-16-18-31(6)24(20-25)12-13-26-28-15-14-27(32(28,7)19-17-29(26)31)23(5)11-10-22(4)21(2)3/h21-29H,8-20H2,1-7H3/t22-,23+,24?,25?,26-,27+,28-,29-,31-,32+/m0/s1. The van der Waals surface area contributed by atoms with Crippen molar-refractivity contribution in [1.29, 1.82) is 0 Å². The number of rotatable bonds is 8. The van der Waals surface area contributed by atoms with Crippen LogP contribution in [0.5, 0.6) is 0 Å². The summed E-state index contributed by atoms with van der Waals surface area (Å²) in [6, 6.07) is 0. The van der Waals surface area contributed by atoms with Gasteiger partial charge >= 0.3 is 5.97 Å². The van der Waals surface area contributed by atoms with E-state index in [2.05, 4.69) is 48.5 Å². The summed E-state index contributed by atoms with van der Waals surface area (Å²) in [6.45, 7) is 17.3. The lowest BCUT2D eigenvalue weighted by Gasteiger charge is -2.61. The highest BCUT2D eigenvalue weighted by molar-refractivity contribution is 5.69. The minimum Gasteiger partial charge on any atom is -0.462 e. The zero-order chi connectivity index (χ0) is 24.7. The van der Waals surface area contributed by atoms with Gasteiger partial charge in [-0.2, -0.15) is 0 Å². The molecular formula is C32H56O2. The average Bonchev–Trinajstić information content (AvgIpc) is 3.14. The van der Waals surface area contributed by atoms with Crippen molar-refractivity contribution in [2.45, 2.75) is 138 Å².